The zero-order valence-electron chi connectivity index (χ0n) is 13.8. The Morgan fingerprint density at radius 1 is 1.33 bits per heavy atom. The molecule has 0 radical (unpaired) electrons. The quantitative estimate of drug-likeness (QED) is 0.389. The molecule has 0 amide bonds. The summed E-state index contributed by atoms with van der Waals surface area (Å²) in [6, 6.07) is 7.88. The van der Waals surface area contributed by atoms with Crippen molar-refractivity contribution in [3.8, 4) is 5.75 Å². The predicted octanol–water partition coefficient (Wildman–Crippen LogP) is 2.27. The van der Waals surface area contributed by atoms with Crippen molar-refractivity contribution in [3.05, 3.63) is 48.5 Å². The molecule has 2 aromatic rings. The van der Waals surface area contributed by atoms with Gasteiger partial charge in [0.05, 0.1) is 13.1 Å². The molecule has 2 rings (SSSR count). The highest BCUT2D eigenvalue weighted by Gasteiger charge is 2.06. The molecule has 0 aliphatic heterocycles. The van der Waals surface area contributed by atoms with Crippen molar-refractivity contribution in [2.45, 2.75) is 19.6 Å². The number of rotatable bonds is 7. The predicted molar refractivity (Wildman–Crippen MR) is 103 cm³/mol. The molecule has 0 saturated carbocycles. The maximum Gasteiger partial charge on any atom is 0.191 e. The molecule has 6 nitrogen and oxygen atoms in total. The third-order valence-electron chi connectivity index (χ3n) is 3.12. The largest absolute Gasteiger partial charge is 0.489 e. The first-order valence-electron chi connectivity index (χ1n) is 7.51. The summed E-state index contributed by atoms with van der Waals surface area (Å²) < 4.78 is 20.4. The van der Waals surface area contributed by atoms with Gasteiger partial charge < -0.3 is 15.4 Å². The fourth-order valence-electron chi connectivity index (χ4n) is 1.97. The first kappa shape index (κ1) is 20.2. The fraction of sp³-hybridized carbons (Fsp3) is 0.375. The van der Waals surface area contributed by atoms with E-state index in [1.807, 2.05) is 23.9 Å². The Kier molecular flexibility index (Phi) is 9.13. The van der Waals surface area contributed by atoms with Crippen LogP contribution in [0, 0.1) is 5.82 Å². The highest BCUT2D eigenvalue weighted by molar-refractivity contribution is 14.0. The van der Waals surface area contributed by atoms with Crippen LogP contribution in [0.4, 0.5) is 4.39 Å². The van der Waals surface area contributed by atoms with Gasteiger partial charge in [0.2, 0.25) is 0 Å². The Balaban J connectivity index is 0.00000288. The first-order chi connectivity index (χ1) is 11.2. The highest BCUT2D eigenvalue weighted by atomic mass is 127. The molecular formula is C16H23FIN5O. The smallest absolute Gasteiger partial charge is 0.191 e. The summed E-state index contributed by atoms with van der Waals surface area (Å²) in [7, 11) is 1.72. The van der Waals surface area contributed by atoms with Crippen molar-refractivity contribution in [1.29, 1.82) is 0 Å². The number of nitrogens with zero attached hydrogens (tertiary/aromatic N) is 3. The van der Waals surface area contributed by atoms with Gasteiger partial charge in [-0.25, -0.2) is 4.39 Å². The van der Waals surface area contributed by atoms with Crippen molar-refractivity contribution in [1.82, 2.24) is 20.4 Å². The molecule has 0 saturated heterocycles. The van der Waals surface area contributed by atoms with Gasteiger partial charge in [-0.1, -0.05) is 0 Å². The third kappa shape index (κ3) is 7.16. The van der Waals surface area contributed by atoms with Gasteiger partial charge in [-0.05, 0) is 37.3 Å². The van der Waals surface area contributed by atoms with Crippen molar-refractivity contribution in [2.75, 3.05) is 20.1 Å². The minimum atomic E-state index is -0.273. The molecule has 2 N–H and O–H groups in total. The van der Waals surface area contributed by atoms with E-state index < -0.39 is 0 Å². The zero-order valence-corrected chi connectivity index (χ0v) is 16.1. The summed E-state index contributed by atoms with van der Waals surface area (Å²) in [5.74, 6) is 1.07. The Bertz CT molecular complexity index is 603. The fourth-order valence-corrected chi connectivity index (χ4v) is 1.97. The molecule has 1 heterocycles. The van der Waals surface area contributed by atoms with Crippen LogP contribution in [0.25, 0.3) is 0 Å². The number of benzene rings is 1. The molecule has 0 aliphatic rings. The van der Waals surface area contributed by atoms with Gasteiger partial charge >= 0.3 is 0 Å². The molecule has 1 aromatic heterocycles. The number of ether oxygens (including phenoxy) is 1. The lowest BCUT2D eigenvalue weighted by Gasteiger charge is -2.17. The van der Waals surface area contributed by atoms with E-state index in [-0.39, 0.29) is 35.9 Å². The average Bonchev–Trinajstić information content (AvgIpc) is 3.06. The van der Waals surface area contributed by atoms with Gasteiger partial charge in [0.15, 0.2) is 5.96 Å². The van der Waals surface area contributed by atoms with E-state index in [1.165, 1.54) is 12.1 Å². The zero-order chi connectivity index (χ0) is 16.5. The second kappa shape index (κ2) is 10.8. The van der Waals surface area contributed by atoms with Crippen molar-refractivity contribution >= 4 is 29.9 Å². The van der Waals surface area contributed by atoms with E-state index in [1.54, 1.807) is 25.4 Å². The minimum absolute atomic E-state index is 0. The van der Waals surface area contributed by atoms with Crippen LogP contribution < -0.4 is 15.4 Å². The van der Waals surface area contributed by atoms with Crippen molar-refractivity contribution in [3.63, 3.8) is 0 Å². The van der Waals surface area contributed by atoms with Gasteiger partial charge in [0.1, 0.15) is 17.7 Å². The Morgan fingerprint density at radius 3 is 2.71 bits per heavy atom. The van der Waals surface area contributed by atoms with Gasteiger partial charge in [0, 0.05) is 26.0 Å². The molecule has 1 atom stereocenters. The standard InChI is InChI=1S/C16H22FN5O.HI/c1-13(23-15-6-4-14(17)5-7-15)12-20-16(18-2)19-9-11-22-10-3-8-21-22;/h3-8,10,13H,9,11-12H2,1-2H3,(H2,18,19,20);1H. The Hall–Kier alpha value is -1.84. The van der Waals surface area contributed by atoms with E-state index in [4.69, 9.17) is 4.74 Å². The second-order valence-corrected chi connectivity index (χ2v) is 5.03. The van der Waals surface area contributed by atoms with Crippen LogP contribution in [0.2, 0.25) is 0 Å². The normalized spacial score (nSPS) is 12.2. The molecular weight excluding hydrogens is 424 g/mol. The lowest BCUT2D eigenvalue weighted by molar-refractivity contribution is 0.223. The SMILES string of the molecule is CN=C(NCCn1cccn1)NCC(C)Oc1ccc(F)cc1.I. The monoisotopic (exact) mass is 447 g/mol. The summed E-state index contributed by atoms with van der Waals surface area (Å²) in [6.07, 6.45) is 3.59. The van der Waals surface area contributed by atoms with E-state index >= 15 is 0 Å². The summed E-state index contributed by atoms with van der Waals surface area (Å²) in [5.41, 5.74) is 0. The van der Waals surface area contributed by atoms with Crippen LogP contribution in [0.15, 0.2) is 47.7 Å². The molecule has 1 unspecified atom stereocenters. The number of hydrogen-bond donors (Lipinski definition) is 2. The van der Waals surface area contributed by atoms with Gasteiger partial charge in [-0.15, -0.1) is 24.0 Å². The summed E-state index contributed by atoms with van der Waals surface area (Å²) in [5, 5.41) is 10.5. The molecule has 132 valence electrons. The number of halogens is 2. The van der Waals surface area contributed by atoms with Crippen LogP contribution in [0.1, 0.15) is 6.92 Å². The lowest BCUT2D eigenvalue weighted by atomic mass is 10.3. The number of aromatic nitrogens is 2. The maximum atomic E-state index is 12.8. The first-order valence-corrected chi connectivity index (χ1v) is 7.51. The van der Waals surface area contributed by atoms with Crippen LogP contribution in [0.5, 0.6) is 5.75 Å². The average molecular weight is 447 g/mol. The maximum absolute atomic E-state index is 12.8. The minimum Gasteiger partial charge on any atom is -0.489 e. The van der Waals surface area contributed by atoms with Crippen molar-refractivity contribution in [2.24, 2.45) is 4.99 Å². The van der Waals surface area contributed by atoms with E-state index in [2.05, 4.69) is 20.7 Å². The summed E-state index contributed by atoms with van der Waals surface area (Å²) >= 11 is 0. The molecule has 0 aliphatic carbocycles. The third-order valence-corrected chi connectivity index (χ3v) is 3.12. The molecule has 1 aromatic carbocycles. The molecule has 0 fully saturated rings. The number of aliphatic imine (C=N–C) groups is 1. The lowest BCUT2D eigenvalue weighted by Crippen LogP contribution is -2.42. The van der Waals surface area contributed by atoms with Crippen LogP contribution in [-0.4, -0.2) is 42.0 Å². The number of hydrogen-bond acceptors (Lipinski definition) is 3. The highest BCUT2D eigenvalue weighted by Crippen LogP contribution is 2.12. The molecule has 0 bridgehead atoms. The Labute approximate surface area is 158 Å². The van der Waals surface area contributed by atoms with E-state index in [0.717, 1.165) is 6.54 Å². The van der Waals surface area contributed by atoms with Gasteiger partial charge in [-0.3, -0.25) is 9.67 Å². The van der Waals surface area contributed by atoms with Gasteiger partial charge in [-0.2, -0.15) is 5.10 Å². The van der Waals surface area contributed by atoms with Crippen LogP contribution in [0.3, 0.4) is 0 Å². The topological polar surface area (TPSA) is 63.5 Å². The molecule has 0 spiro atoms. The molecule has 8 heteroatoms. The van der Waals surface area contributed by atoms with Crippen LogP contribution >= 0.6 is 24.0 Å². The Morgan fingerprint density at radius 2 is 2.08 bits per heavy atom. The van der Waals surface area contributed by atoms with Crippen molar-refractivity contribution < 1.29 is 9.13 Å². The summed E-state index contributed by atoms with van der Waals surface area (Å²) in [4.78, 5) is 4.16. The summed E-state index contributed by atoms with van der Waals surface area (Å²) in [6.45, 7) is 4.00. The van der Waals surface area contributed by atoms with Gasteiger partial charge in [0.25, 0.3) is 0 Å². The molecule has 24 heavy (non-hydrogen) atoms. The number of guanidine groups is 1. The number of nitrogens with one attached hydrogen (secondary N) is 2. The second-order valence-electron chi connectivity index (χ2n) is 5.03. The van der Waals surface area contributed by atoms with Crippen LogP contribution in [-0.2, 0) is 6.54 Å². The van der Waals surface area contributed by atoms with E-state index in [9.17, 15) is 4.39 Å². The van der Waals surface area contributed by atoms with E-state index in [0.29, 0.717) is 24.8 Å².